The van der Waals surface area contributed by atoms with Crippen LogP contribution < -0.4 is 10.3 Å². The van der Waals surface area contributed by atoms with Gasteiger partial charge in [-0.05, 0) is 31.2 Å². The lowest BCUT2D eigenvalue weighted by Gasteiger charge is -2.31. The summed E-state index contributed by atoms with van der Waals surface area (Å²) in [6, 6.07) is 6.96. The van der Waals surface area contributed by atoms with E-state index in [2.05, 4.69) is 0 Å². The summed E-state index contributed by atoms with van der Waals surface area (Å²) >= 11 is 0. The molecule has 25 heavy (non-hydrogen) atoms. The van der Waals surface area contributed by atoms with E-state index in [4.69, 9.17) is 9.15 Å². The molecule has 3 rings (SSSR count). The molecule has 0 saturated carbocycles. The van der Waals surface area contributed by atoms with Crippen LogP contribution in [0.5, 0.6) is 5.75 Å². The summed E-state index contributed by atoms with van der Waals surface area (Å²) in [6.07, 6.45) is 6.29. The summed E-state index contributed by atoms with van der Waals surface area (Å²) in [5, 5.41) is 0. The third kappa shape index (κ3) is 4.21. The van der Waals surface area contributed by atoms with E-state index in [1.54, 1.807) is 41.0 Å². The van der Waals surface area contributed by atoms with Crippen molar-refractivity contribution in [2.45, 2.75) is 25.9 Å². The van der Waals surface area contributed by atoms with E-state index in [-0.39, 0.29) is 17.6 Å². The standard InChI is InChI=1S/C19H22N2O4/c1-14-12-17(13-19(23)20(14)2)25-16-7-9-21(10-8-16)18(22)6-5-15-4-3-11-24-15/h3-6,11-13,16H,7-10H2,1-2H3. The molecule has 0 atom stereocenters. The highest BCUT2D eigenvalue weighted by atomic mass is 16.5. The molecule has 0 aliphatic carbocycles. The number of nitrogens with zero attached hydrogens (tertiary/aromatic N) is 2. The number of carbonyl (C=O) groups is 1. The average Bonchev–Trinajstić information content (AvgIpc) is 3.12. The third-order valence-electron chi connectivity index (χ3n) is 4.47. The van der Waals surface area contributed by atoms with Crippen LogP contribution in [0.1, 0.15) is 24.3 Å². The van der Waals surface area contributed by atoms with Crippen molar-refractivity contribution >= 4 is 12.0 Å². The summed E-state index contributed by atoms with van der Waals surface area (Å²) in [6.45, 7) is 3.15. The van der Waals surface area contributed by atoms with E-state index in [1.807, 2.05) is 13.0 Å². The predicted molar refractivity (Wildman–Crippen MR) is 94.4 cm³/mol. The Balaban J connectivity index is 1.53. The fourth-order valence-electron chi connectivity index (χ4n) is 2.84. The van der Waals surface area contributed by atoms with Crippen LogP contribution in [0.2, 0.25) is 0 Å². The van der Waals surface area contributed by atoms with Crippen LogP contribution in [-0.4, -0.2) is 34.6 Å². The molecule has 0 aromatic carbocycles. The largest absolute Gasteiger partial charge is 0.490 e. The average molecular weight is 342 g/mol. The van der Waals surface area contributed by atoms with Gasteiger partial charge < -0.3 is 18.6 Å². The second-order valence-corrected chi connectivity index (χ2v) is 6.22. The molecule has 2 aromatic heterocycles. The number of hydrogen-bond donors (Lipinski definition) is 0. The van der Waals surface area contributed by atoms with Crippen LogP contribution in [-0.2, 0) is 11.8 Å². The molecule has 0 spiro atoms. The van der Waals surface area contributed by atoms with Gasteiger partial charge in [-0.2, -0.15) is 0 Å². The fourth-order valence-corrected chi connectivity index (χ4v) is 2.84. The van der Waals surface area contributed by atoms with Gasteiger partial charge in [-0.25, -0.2) is 0 Å². The molecule has 1 saturated heterocycles. The minimum atomic E-state index is -0.0781. The van der Waals surface area contributed by atoms with Crippen molar-refractivity contribution < 1.29 is 13.9 Å². The first-order valence-corrected chi connectivity index (χ1v) is 8.38. The first-order chi connectivity index (χ1) is 12.0. The number of hydrogen-bond acceptors (Lipinski definition) is 4. The second kappa shape index (κ2) is 7.42. The number of aryl methyl sites for hydroxylation is 1. The maximum absolute atomic E-state index is 12.2. The summed E-state index contributed by atoms with van der Waals surface area (Å²) < 4.78 is 12.7. The topological polar surface area (TPSA) is 64.7 Å². The molecule has 1 amide bonds. The Labute approximate surface area is 146 Å². The summed E-state index contributed by atoms with van der Waals surface area (Å²) in [4.78, 5) is 25.8. The first-order valence-electron chi connectivity index (χ1n) is 8.38. The van der Waals surface area contributed by atoms with Crippen molar-refractivity contribution in [1.82, 2.24) is 9.47 Å². The molecule has 1 aliphatic heterocycles. The fraction of sp³-hybridized carbons (Fsp3) is 0.368. The van der Waals surface area contributed by atoms with Crippen LogP contribution >= 0.6 is 0 Å². The lowest BCUT2D eigenvalue weighted by Crippen LogP contribution is -2.41. The van der Waals surface area contributed by atoms with Gasteiger partial charge in [0.25, 0.3) is 5.56 Å². The van der Waals surface area contributed by atoms with Crippen molar-refractivity contribution in [3.8, 4) is 5.75 Å². The minimum absolute atomic E-state index is 0.0182. The molecule has 0 unspecified atom stereocenters. The van der Waals surface area contributed by atoms with E-state index >= 15 is 0 Å². The lowest BCUT2D eigenvalue weighted by molar-refractivity contribution is -0.127. The predicted octanol–water partition coefficient (Wildman–Crippen LogP) is 2.37. The van der Waals surface area contributed by atoms with Gasteiger partial charge in [0.1, 0.15) is 17.6 Å². The molecule has 6 heteroatoms. The van der Waals surface area contributed by atoms with Crippen molar-refractivity contribution in [3.05, 3.63) is 58.4 Å². The molecule has 0 bridgehead atoms. The molecule has 1 fully saturated rings. The molecule has 132 valence electrons. The maximum atomic E-state index is 12.2. The highest BCUT2D eigenvalue weighted by Gasteiger charge is 2.23. The zero-order valence-electron chi connectivity index (χ0n) is 14.5. The highest BCUT2D eigenvalue weighted by molar-refractivity contribution is 5.91. The van der Waals surface area contributed by atoms with Gasteiger partial charge in [-0.15, -0.1) is 0 Å². The molecule has 3 heterocycles. The zero-order valence-corrected chi connectivity index (χ0v) is 14.5. The van der Waals surface area contributed by atoms with Gasteiger partial charge in [0.2, 0.25) is 5.91 Å². The van der Waals surface area contributed by atoms with Crippen LogP contribution in [0, 0.1) is 6.92 Å². The monoisotopic (exact) mass is 342 g/mol. The van der Waals surface area contributed by atoms with Gasteiger partial charge in [0.05, 0.1) is 6.26 Å². The Bertz CT molecular complexity index is 812. The van der Waals surface area contributed by atoms with Crippen molar-refractivity contribution in [2.24, 2.45) is 7.05 Å². The second-order valence-electron chi connectivity index (χ2n) is 6.22. The summed E-state index contributed by atoms with van der Waals surface area (Å²) in [5.74, 6) is 1.23. The molecule has 6 nitrogen and oxygen atoms in total. The Hall–Kier alpha value is -2.76. The summed E-state index contributed by atoms with van der Waals surface area (Å²) in [5.41, 5.74) is 0.781. The van der Waals surface area contributed by atoms with E-state index in [9.17, 15) is 9.59 Å². The number of piperidine rings is 1. The van der Waals surface area contributed by atoms with Gasteiger partial charge >= 0.3 is 0 Å². The Kier molecular flexibility index (Phi) is 5.07. The number of likely N-dealkylation sites (tertiary alicyclic amines) is 1. The number of furan rings is 1. The van der Waals surface area contributed by atoms with Gasteiger partial charge in [0.15, 0.2) is 0 Å². The SMILES string of the molecule is Cc1cc(OC2CCN(C(=O)C=Cc3ccco3)CC2)cc(=O)n1C. The number of ether oxygens (including phenoxy) is 1. The van der Waals surface area contributed by atoms with Crippen LogP contribution in [0.25, 0.3) is 6.08 Å². The Morgan fingerprint density at radius 2 is 2.08 bits per heavy atom. The normalized spacial score (nSPS) is 15.7. The van der Waals surface area contributed by atoms with E-state index < -0.39 is 0 Å². The number of carbonyl (C=O) groups excluding carboxylic acids is 1. The first kappa shape index (κ1) is 17.1. The van der Waals surface area contributed by atoms with Crippen LogP contribution in [0.15, 0.2) is 45.8 Å². The number of aromatic nitrogens is 1. The smallest absolute Gasteiger partial charge is 0.254 e. The van der Waals surface area contributed by atoms with Crippen LogP contribution in [0.4, 0.5) is 0 Å². The Morgan fingerprint density at radius 3 is 2.72 bits per heavy atom. The molecule has 0 radical (unpaired) electrons. The zero-order chi connectivity index (χ0) is 17.8. The quantitative estimate of drug-likeness (QED) is 0.800. The van der Waals surface area contributed by atoms with Crippen molar-refractivity contribution in [3.63, 3.8) is 0 Å². The van der Waals surface area contributed by atoms with Crippen molar-refractivity contribution in [1.29, 1.82) is 0 Å². The van der Waals surface area contributed by atoms with Gasteiger partial charge in [-0.3, -0.25) is 9.59 Å². The molecule has 1 aliphatic rings. The number of rotatable bonds is 4. The van der Waals surface area contributed by atoms with Gasteiger partial charge in [0, 0.05) is 50.8 Å². The minimum Gasteiger partial charge on any atom is -0.490 e. The number of pyridine rings is 1. The molecular formula is C19H22N2O4. The van der Waals surface area contributed by atoms with Gasteiger partial charge in [-0.1, -0.05) is 0 Å². The van der Waals surface area contributed by atoms with E-state index in [0.717, 1.165) is 18.5 Å². The molecule has 0 N–H and O–H groups in total. The van der Waals surface area contributed by atoms with Crippen molar-refractivity contribution in [2.75, 3.05) is 13.1 Å². The molecule has 2 aromatic rings. The Morgan fingerprint density at radius 1 is 1.32 bits per heavy atom. The van der Waals surface area contributed by atoms with Crippen LogP contribution in [0.3, 0.4) is 0 Å². The lowest BCUT2D eigenvalue weighted by atomic mass is 10.1. The van der Waals surface area contributed by atoms with E-state index in [0.29, 0.717) is 24.6 Å². The summed E-state index contributed by atoms with van der Waals surface area (Å²) in [7, 11) is 1.74. The molecular weight excluding hydrogens is 320 g/mol. The maximum Gasteiger partial charge on any atom is 0.254 e. The number of amides is 1. The van der Waals surface area contributed by atoms with E-state index in [1.165, 1.54) is 12.1 Å². The third-order valence-corrected chi connectivity index (χ3v) is 4.47. The highest BCUT2D eigenvalue weighted by Crippen LogP contribution is 2.19.